The van der Waals surface area contributed by atoms with Crippen LogP contribution in [-0.4, -0.2) is 10.3 Å². The van der Waals surface area contributed by atoms with Crippen molar-refractivity contribution in [2.45, 2.75) is 32.0 Å². The molecular weight excluding hydrogens is 831 g/mol. The van der Waals surface area contributed by atoms with E-state index in [1.54, 1.807) is 0 Å². The molecule has 0 saturated carbocycles. The first-order valence-corrected chi connectivity index (χ1v) is 23.8. The van der Waals surface area contributed by atoms with Crippen molar-refractivity contribution in [3.63, 3.8) is 0 Å². The first kappa shape index (κ1) is 39.0. The van der Waals surface area contributed by atoms with Gasteiger partial charge < -0.3 is 13.4 Å². The predicted octanol–water partition coefficient (Wildman–Crippen LogP) is 16.8. The summed E-state index contributed by atoms with van der Waals surface area (Å²) in [7, 11) is 0. The Kier molecular flexibility index (Phi) is 8.83. The largest absolute Gasteiger partial charge is 0.456 e. The van der Waals surface area contributed by atoms with E-state index in [0.717, 1.165) is 90.3 Å². The molecule has 0 amide bonds. The van der Waals surface area contributed by atoms with Gasteiger partial charge in [0.1, 0.15) is 22.9 Å². The van der Waals surface area contributed by atoms with Crippen molar-refractivity contribution in [3.8, 4) is 16.8 Å². The molecule has 10 aromatic carbocycles. The number of rotatable bonds is 5. The molecule has 0 saturated heterocycles. The predicted molar refractivity (Wildman–Crippen MR) is 282 cm³/mol. The first-order chi connectivity index (χ1) is 33.6. The van der Waals surface area contributed by atoms with Gasteiger partial charge >= 0.3 is 0 Å². The maximum absolute atomic E-state index is 6.97. The Labute approximate surface area is 392 Å². The molecule has 5 heteroatoms. The third-order valence-corrected chi connectivity index (χ3v) is 14.6. The van der Waals surface area contributed by atoms with Crippen LogP contribution in [0.15, 0.2) is 220 Å². The topological polar surface area (TPSA) is 55.6 Å². The van der Waals surface area contributed by atoms with Crippen LogP contribution >= 0.6 is 0 Å². The van der Waals surface area contributed by atoms with Crippen LogP contribution in [0.25, 0.3) is 104 Å². The summed E-state index contributed by atoms with van der Waals surface area (Å²) in [6.07, 6.45) is 1.29. The summed E-state index contributed by atoms with van der Waals surface area (Å²) in [6.45, 7) is 2.39. The number of aromatic nitrogens is 1. The van der Waals surface area contributed by atoms with Gasteiger partial charge in [-0.1, -0.05) is 159 Å². The third kappa shape index (κ3) is 6.23. The summed E-state index contributed by atoms with van der Waals surface area (Å²) >= 11 is 0. The highest BCUT2D eigenvalue weighted by molar-refractivity contribution is 6.19. The van der Waals surface area contributed by atoms with Gasteiger partial charge in [0.25, 0.3) is 0 Å². The molecule has 4 heterocycles. The zero-order valence-electron chi connectivity index (χ0n) is 37.5. The molecule has 5 nitrogen and oxygen atoms in total. The molecule has 14 rings (SSSR count). The Bertz CT molecular complexity index is 4080. The summed E-state index contributed by atoms with van der Waals surface area (Å²) < 4.78 is 16.2. The molecule has 68 heavy (non-hydrogen) atoms. The monoisotopic (exact) mass is 875 g/mol. The first-order valence-electron chi connectivity index (χ1n) is 23.8. The summed E-state index contributed by atoms with van der Waals surface area (Å²) in [5.41, 5.74) is 13.5. The average Bonchev–Trinajstić information content (AvgIpc) is 4.06. The van der Waals surface area contributed by atoms with Crippen LogP contribution in [0.2, 0.25) is 0 Å². The minimum Gasteiger partial charge on any atom is -0.456 e. The van der Waals surface area contributed by atoms with Gasteiger partial charge in [0.2, 0.25) is 0 Å². The van der Waals surface area contributed by atoms with Crippen LogP contribution in [-0.2, 0) is 0 Å². The van der Waals surface area contributed by atoms with Crippen LogP contribution in [0.1, 0.15) is 48.7 Å². The van der Waals surface area contributed by atoms with Crippen molar-refractivity contribution in [2.24, 2.45) is 10.9 Å². The number of hydrogen-bond acceptors (Lipinski definition) is 4. The van der Waals surface area contributed by atoms with Crippen molar-refractivity contribution in [1.82, 2.24) is 9.88 Å². The van der Waals surface area contributed by atoms with Gasteiger partial charge in [-0.25, -0.2) is 0 Å². The minimum atomic E-state index is -0.423. The van der Waals surface area contributed by atoms with Gasteiger partial charge in [0, 0.05) is 49.6 Å². The average molecular weight is 876 g/mol. The fraction of sp³-hybridized carbons (Fsp3) is 0.0952. The van der Waals surface area contributed by atoms with E-state index in [2.05, 4.69) is 217 Å². The second-order valence-electron chi connectivity index (χ2n) is 18.7. The van der Waals surface area contributed by atoms with E-state index in [4.69, 9.17) is 13.8 Å². The summed E-state index contributed by atoms with van der Waals surface area (Å²) in [6, 6.07) is 74.5. The van der Waals surface area contributed by atoms with Gasteiger partial charge in [0.05, 0.1) is 16.7 Å². The Morgan fingerprint density at radius 1 is 0.471 bits per heavy atom. The summed E-state index contributed by atoms with van der Waals surface area (Å²) in [5.74, 6) is 0.265. The molecular formula is C63H45N3O2. The lowest BCUT2D eigenvalue weighted by molar-refractivity contribution is 0.328. The molecule has 0 aliphatic carbocycles. The van der Waals surface area contributed by atoms with Gasteiger partial charge in [0.15, 0.2) is 5.58 Å². The Balaban J connectivity index is 1.02. The van der Waals surface area contributed by atoms with E-state index >= 15 is 0 Å². The number of furan rings is 2. The van der Waals surface area contributed by atoms with E-state index in [1.165, 1.54) is 49.0 Å². The van der Waals surface area contributed by atoms with Crippen LogP contribution in [0.5, 0.6) is 0 Å². The van der Waals surface area contributed by atoms with Gasteiger partial charge in [-0.05, 0) is 117 Å². The lowest BCUT2D eigenvalue weighted by Crippen LogP contribution is -2.33. The lowest BCUT2D eigenvalue weighted by atomic mass is 9.86. The molecule has 3 atom stereocenters. The quantitative estimate of drug-likeness (QED) is 0.187. The number of nitrogens with one attached hydrogen (secondary N) is 1. The second kappa shape index (κ2) is 15.4. The van der Waals surface area contributed by atoms with Crippen LogP contribution in [0, 0.1) is 5.92 Å². The zero-order valence-corrected chi connectivity index (χ0v) is 37.5. The molecule has 0 bridgehead atoms. The number of benzene rings is 10. The SMILES string of the molecule is CC1CCC(c2cc(-n3c4cc5ccccc5cc4c4cc5ccccc5cc43)c3oc4ccccc4c3c2)=NC(c2cccc3c2oc2ccccc23)NC1c1cccc(-c2ccccc2)c1. The molecule has 0 fully saturated rings. The van der Waals surface area contributed by atoms with Crippen LogP contribution in [0.3, 0.4) is 0 Å². The highest BCUT2D eigenvalue weighted by atomic mass is 16.3. The fourth-order valence-corrected chi connectivity index (χ4v) is 11.2. The maximum atomic E-state index is 6.97. The Morgan fingerprint density at radius 2 is 1.04 bits per heavy atom. The maximum Gasteiger partial charge on any atom is 0.159 e. The van der Waals surface area contributed by atoms with Crippen molar-refractivity contribution in [3.05, 3.63) is 223 Å². The molecule has 1 N–H and O–H groups in total. The van der Waals surface area contributed by atoms with E-state index in [9.17, 15) is 0 Å². The molecule has 3 aromatic heterocycles. The van der Waals surface area contributed by atoms with Crippen molar-refractivity contribution < 1.29 is 8.83 Å². The number of fused-ring (bicyclic) bond motifs is 11. The Morgan fingerprint density at radius 3 is 1.75 bits per heavy atom. The molecule has 3 unspecified atom stereocenters. The number of hydrogen-bond donors (Lipinski definition) is 1. The molecule has 0 radical (unpaired) electrons. The molecule has 1 aliphatic heterocycles. The smallest absolute Gasteiger partial charge is 0.159 e. The zero-order chi connectivity index (χ0) is 44.9. The third-order valence-electron chi connectivity index (χ3n) is 14.6. The van der Waals surface area contributed by atoms with Gasteiger partial charge in [-0.2, -0.15) is 0 Å². The van der Waals surface area contributed by atoms with Crippen LogP contribution in [0.4, 0.5) is 0 Å². The minimum absolute atomic E-state index is 0.0201. The fourth-order valence-electron chi connectivity index (χ4n) is 11.2. The molecule has 0 spiro atoms. The van der Waals surface area contributed by atoms with Crippen molar-refractivity contribution in [1.29, 1.82) is 0 Å². The summed E-state index contributed by atoms with van der Waals surface area (Å²) in [4.78, 5) is 5.89. The highest BCUT2D eigenvalue weighted by Gasteiger charge is 2.30. The Hall–Kier alpha value is -8.25. The van der Waals surface area contributed by atoms with E-state index in [-0.39, 0.29) is 12.0 Å². The van der Waals surface area contributed by atoms with Gasteiger partial charge in [-0.3, -0.25) is 10.3 Å². The summed E-state index contributed by atoms with van der Waals surface area (Å²) in [5, 5.41) is 15.8. The normalized spacial score (nSPS) is 17.0. The number of para-hydroxylation sites is 3. The second-order valence-corrected chi connectivity index (χ2v) is 18.7. The highest BCUT2D eigenvalue weighted by Crippen LogP contribution is 2.43. The van der Waals surface area contributed by atoms with E-state index in [1.807, 2.05) is 6.07 Å². The van der Waals surface area contributed by atoms with E-state index in [0.29, 0.717) is 0 Å². The van der Waals surface area contributed by atoms with Crippen LogP contribution < -0.4 is 5.32 Å². The molecule has 1 aliphatic rings. The van der Waals surface area contributed by atoms with E-state index < -0.39 is 6.17 Å². The number of aliphatic imine (C=N–C) groups is 1. The number of nitrogens with zero attached hydrogens (tertiary/aromatic N) is 2. The van der Waals surface area contributed by atoms with Gasteiger partial charge in [-0.15, -0.1) is 0 Å². The molecule has 324 valence electrons. The van der Waals surface area contributed by atoms with Crippen molar-refractivity contribution in [2.75, 3.05) is 0 Å². The standard InChI is InChI=1S/C63H45N3O2/c1-38-29-30-54(64-63(50-26-14-25-49-47-23-9-11-27-58(47)67-61(49)50)65-60(38)45-22-13-21-40(31-45)39-15-3-2-4-16-39)46-34-53-48-24-10-12-28-59(48)68-62(53)57(37-46)66-55-35-43-19-7-5-17-41(43)32-51(55)52-33-42-18-6-8-20-44(42)36-56(52)66/h2-28,31-38,60,63,65H,29-30H2,1H3. The lowest BCUT2D eigenvalue weighted by Gasteiger charge is -2.32. The molecule has 13 aromatic rings. The van der Waals surface area contributed by atoms with Crippen molar-refractivity contribution >= 4 is 92.9 Å².